The van der Waals surface area contributed by atoms with Gasteiger partial charge in [0.1, 0.15) is 0 Å². The van der Waals surface area contributed by atoms with Gasteiger partial charge in [0, 0.05) is 18.7 Å². The third kappa shape index (κ3) is 5.82. The van der Waals surface area contributed by atoms with Crippen LogP contribution in [0.4, 0.5) is 11.4 Å². The highest BCUT2D eigenvalue weighted by molar-refractivity contribution is 7.92. The Hall–Kier alpha value is -2.34. The number of hydrogen-bond acceptors (Lipinski definition) is 3. The molecule has 146 valence electrons. The molecule has 1 amide bonds. The van der Waals surface area contributed by atoms with Gasteiger partial charge in [-0.2, -0.15) is 0 Å². The van der Waals surface area contributed by atoms with E-state index in [1.54, 1.807) is 6.07 Å². The first-order chi connectivity index (χ1) is 12.6. The number of carbonyl (C=O) groups excluding carboxylic acids is 1. The Labute approximate surface area is 162 Å². The average Bonchev–Trinajstić information content (AvgIpc) is 2.56. The molecule has 0 aliphatic carbocycles. The van der Waals surface area contributed by atoms with E-state index in [0.29, 0.717) is 12.1 Å². The van der Waals surface area contributed by atoms with Crippen molar-refractivity contribution in [1.82, 2.24) is 0 Å². The van der Waals surface area contributed by atoms with E-state index in [2.05, 4.69) is 5.32 Å². The van der Waals surface area contributed by atoms with E-state index in [1.807, 2.05) is 58.0 Å². The van der Waals surface area contributed by atoms with E-state index >= 15 is 0 Å². The van der Waals surface area contributed by atoms with Gasteiger partial charge in [-0.15, -0.1) is 0 Å². The van der Waals surface area contributed by atoms with Gasteiger partial charge < -0.3 is 5.32 Å². The van der Waals surface area contributed by atoms with E-state index in [1.165, 1.54) is 10.6 Å². The first-order valence-electron chi connectivity index (χ1n) is 9.00. The quantitative estimate of drug-likeness (QED) is 0.776. The van der Waals surface area contributed by atoms with E-state index in [4.69, 9.17) is 0 Å². The lowest BCUT2D eigenvalue weighted by Gasteiger charge is -2.23. The van der Waals surface area contributed by atoms with Crippen molar-refractivity contribution < 1.29 is 13.2 Å². The van der Waals surface area contributed by atoms with Crippen LogP contribution in [0.2, 0.25) is 0 Å². The molecule has 0 aromatic heterocycles. The first-order valence-corrected chi connectivity index (χ1v) is 10.8. The molecule has 0 saturated carbocycles. The molecule has 0 bridgehead atoms. The van der Waals surface area contributed by atoms with Gasteiger partial charge >= 0.3 is 0 Å². The predicted octanol–water partition coefficient (Wildman–Crippen LogP) is 4.11. The molecular weight excluding hydrogens is 360 g/mol. The Morgan fingerprint density at radius 2 is 1.67 bits per heavy atom. The summed E-state index contributed by atoms with van der Waals surface area (Å²) >= 11 is 0. The summed E-state index contributed by atoms with van der Waals surface area (Å²) in [6, 6.07) is 11.4. The lowest BCUT2D eigenvalue weighted by molar-refractivity contribution is -0.116. The van der Waals surface area contributed by atoms with Gasteiger partial charge in [0.05, 0.1) is 11.9 Å². The van der Waals surface area contributed by atoms with Crippen LogP contribution in [0.15, 0.2) is 36.4 Å². The average molecular weight is 389 g/mol. The summed E-state index contributed by atoms with van der Waals surface area (Å²) in [6.07, 6.45) is 1.89. The highest BCUT2D eigenvalue weighted by atomic mass is 32.2. The minimum Gasteiger partial charge on any atom is -0.326 e. The maximum atomic E-state index is 12.2. The number of amides is 1. The van der Waals surface area contributed by atoms with Gasteiger partial charge in [-0.3, -0.25) is 9.10 Å². The Morgan fingerprint density at radius 3 is 2.26 bits per heavy atom. The molecule has 2 aromatic carbocycles. The maximum absolute atomic E-state index is 12.2. The third-order valence-electron chi connectivity index (χ3n) is 4.60. The van der Waals surface area contributed by atoms with Crippen LogP contribution < -0.4 is 9.62 Å². The number of nitrogens with zero attached hydrogens (tertiary/aromatic N) is 1. The topological polar surface area (TPSA) is 66.5 Å². The Morgan fingerprint density at radius 1 is 0.963 bits per heavy atom. The van der Waals surface area contributed by atoms with Crippen molar-refractivity contribution in [3.8, 4) is 0 Å². The highest BCUT2D eigenvalue weighted by Crippen LogP contribution is 2.22. The van der Waals surface area contributed by atoms with Gasteiger partial charge in [-0.25, -0.2) is 8.42 Å². The molecular formula is C21H28N2O3S. The van der Waals surface area contributed by atoms with Gasteiger partial charge in [-0.05, 0) is 69.0 Å². The van der Waals surface area contributed by atoms with Crippen LogP contribution in [0.3, 0.4) is 0 Å². The summed E-state index contributed by atoms with van der Waals surface area (Å²) < 4.78 is 25.8. The van der Waals surface area contributed by atoms with Crippen molar-refractivity contribution in [2.45, 2.75) is 40.5 Å². The summed E-state index contributed by atoms with van der Waals surface area (Å²) in [5.74, 6) is -0.115. The van der Waals surface area contributed by atoms with Crippen LogP contribution in [-0.4, -0.2) is 27.1 Å². The number of hydrogen-bond donors (Lipinski definition) is 1. The predicted molar refractivity (Wildman–Crippen MR) is 112 cm³/mol. The highest BCUT2D eigenvalue weighted by Gasteiger charge is 2.18. The smallest absolute Gasteiger partial charge is 0.232 e. The largest absolute Gasteiger partial charge is 0.326 e. The van der Waals surface area contributed by atoms with Crippen LogP contribution in [0.25, 0.3) is 0 Å². The second kappa shape index (κ2) is 8.57. The summed E-state index contributed by atoms with van der Waals surface area (Å²) in [5.41, 5.74) is 5.72. The number of nitrogens with one attached hydrogen (secondary N) is 1. The minimum absolute atomic E-state index is 0.115. The van der Waals surface area contributed by atoms with E-state index in [-0.39, 0.29) is 18.9 Å². The second-order valence-corrected chi connectivity index (χ2v) is 8.98. The van der Waals surface area contributed by atoms with Crippen molar-refractivity contribution in [3.63, 3.8) is 0 Å². The lowest BCUT2D eigenvalue weighted by atomic mass is 10.1. The molecule has 0 fully saturated rings. The van der Waals surface area contributed by atoms with Gasteiger partial charge in [-0.1, -0.05) is 23.8 Å². The van der Waals surface area contributed by atoms with Crippen LogP contribution in [0.5, 0.6) is 0 Å². The number of carbonyl (C=O) groups is 1. The fourth-order valence-corrected chi connectivity index (χ4v) is 3.87. The summed E-state index contributed by atoms with van der Waals surface area (Å²) in [6.45, 7) is 8.17. The monoisotopic (exact) mass is 388 g/mol. The Bertz CT molecular complexity index is 936. The molecule has 6 heteroatoms. The molecule has 1 N–H and O–H groups in total. The zero-order valence-corrected chi connectivity index (χ0v) is 17.5. The normalized spacial score (nSPS) is 11.3. The van der Waals surface area contributed by atoms with Gasteiger partial charge in [0.15, 0.2) is 0 Å². The molecule has 2 rings (SSSR count). The first kappa shape index (κ1) is 21.0. The standard InChI is InChI=1S/C21H28N2O3S/c1-15-8-11-20(18(4)13-15)22-21(24)7-6-12-23(27(5,25)26)19-10-9-16(2)17(3)14-19/h8-11,13-14H,6-7,12H2,1-5H3,(H,22,24). The Balaban J connectivity index is 2.01. The van der Waals surface area contributed by atoms with Crippen LogP contribution >= 0.6 is 0 Å². The van der Waals surface area contributed by atoms with Crippen LogP contribution in [-0.2, 0) is 14.8 Å². The number of anilines is 2. The van der Waals surface area contributed by atoms with Crippen molar-refractivity contribution in [1.29, 1.82) is 0 Å². The molecule has 0 aliphatic rings. The molecule has 5 nitrogen and oxygen atoms in total. The molecule has 2 aromatic rings. The number of aryl methyl sites for hydroxylation is 4. The minimum atomic E-state index is -3.41. The number of sulfonamides is 1. The third-order valence-corrected chi connectivity index (χ3v) is 5.79. The second-order valence-electron chi connectivity index (χ2n) is 7.07. The zero-order valence-electron chi connectivity index (χ0n) is 16.7. The van der Waals surface area contributed by atoms with E-state index in [0.717, 1.165) is 27.9 Å². The maximum Gasteiger partial charge on any atom is 0.232 e. The fourth-order valence-electron chi connectivity index (χ4n) is 2.92. The molecule has 0 radical (unpaired) electrons. The fraction of sp³-hybridized carbons (Fsp3) is 0.381. The summed E-state index contributed by atoms with van der Waals surface area (Å²) in [7, 11) is -3.41. The molecule has 0 aliphatic heterocycles. The van der Waals surface area contributed by atoms with Crippen molar-refractivity contribution in [3.05, 3.63) is 58.7 Å². The van der Waals surface area contributed by atoms with Crippen LogP contribution in [0, 0.1) is 27.7 Å². The van der Waals surface area contributed by atoms with Crippen LogP contribution in [0.1, 0.15) is 35.1 Å². The SMILES string of the molecule is Cc1ccc(NC(=O)CCCN(c2ccc(C)c(C)c2)S(C)(=O)=O)c(C)c1. The molecule has 0 heterocycles. The Kier molecular flexibility index (Phi) is 6.65. The van der Waals surface area contributed by atoms with E-state index < -0.39 is 10.0 Å². The zero-order chi connectivity index (χ0) is 20.2. The lowest BCUT2D eigenvalue weighted by Crippen LogP contribution is -2.31. The van der Waals surface area contributed by atoms with Crippen molar-refractivity contribution in [2.24, 2.45) is 0 Å². The van der Waals surface area contributed by atoms with E-state index in [9.17, 15) is 13.2 Å². The molecule has 0 unspecified atom stereocenters. The van der Waals surface area contributed by atoms with Gasteiger partial charge in [0.2, 0.25) is 15.9 Å². The molecule has 0 spiro atoms. The molecule has 0 atom stereocenters. The summed E-state index contributed by atoms with van der Waals surface area (Å²) in [5, 5.41) is 2.90. The molecule has 27 heavy (non-hydrogen) atoms. The molecule has 0 saturated heterocycles. The number of benzene rings is 2. The number of rotatable bonds is 7. The van der Waals surface area contributed by atoms with Gasteiger partial charge in [0.25, 0.3) is 0 Å². The van der Waals surface area contributed by atoms with Crippen molar-refractivity contribution in [2.75, 3.05) is 22.4 Å². The summed E-state index contributed by atoms with van der Waals surface area (Å²) in [4.78, 5) is 12.2. The van der Waals surface area contributed by atoms with Crippen molar-refractivity contribution >= 4 is 27.3 Å².